The van der Waals surface area contributed by atoms with Gasteiger partial charge in [0.2, 0.25) is 14.9 Å². The van der Waals surface area contributed by atoms with Crippen molar-refractivity contribution in [3.8, 4) is 0 Å². The van der Waals surface area contributed by atoms with Crippen molar-refractivity contribution in [1.29, 1.82) is 0 Å². The van der Waals surface area contributed by atoms with Crippen LogP contribution in [0.15, 0.2) is 34.2 Å². The predicted octanol–water partition coefficient (Wildman–Crippen LogP) is 1.93. The molecule has 0 aliphatic rings. The van der Waals surface area contributed by atoms with Gasteiger partial charge in [0.15, 0.2) is 5.82 Å². The van der Waals surface area contributed by atoms with Crippen LogP contribution in [-0.4, -0.2) is 23.4 Å². The van der Waals surface area contributed by atoms with Crippen molar-refractivity contribution in [2.75, 3.05) is 5.73 Å². The van der Waals surface area contributed by atoms with E-state index >= 15 is 0 Å². The van der Waals surface area contributed by atoms with Gasteiger partial charge in [-0.15, -0.1) is 5.10 Å². The molecule has 0 spiro atoms. The normalized spacial score (nSPS) is 12.0. The number of anilines is 1. The molecule has 19 heavy (non-hydrogen) atoms. The zero-order chi connectivity index (χ0) is 14.2. The molecule has 0 atom stereocenters. The highest BCUT2D eigenvalue weighted by molar-refractivity contribution is 7.91. The van der Waals surface area contributed by atoms with Gasteiger partial charge >= 0.3 is 0 Å². The maximum atomic E-state index is 12.4. The van der Waals surface area contributed by atoms with Gasteiger partial charge in [-0.2, -0.15) is 0 Å². The fourth-order valence-electron chi connectivity index (χ4n) is 1.58. The number of benzene rings is 1. The van der Waals surface area contributed by atoms with E-state index in [0.29, 0.717) is 5.02 Å². The van der Waals surface area contributed by atoms with Crippen molar-refractivity contribution in [2.24, 2.45) is 0 Å². The van der Waals surface area contributed by atoms with Crippen LogP contribution in [0, 0.1) is 0 Å². The van der Waals surface area contributed by atoms with E-state index in [-0.39, 0.29) is 21.8 Å². The third-order valence-electron chi connectivity index (χ3n) is 2.57. The molecule has 1 aromatic carbocycles. The molecule has 8 heteroatoms. The zero-order valence-corrected chi connectivity index (χ0v) is 12.0. The number of aromatic nitrogens is 3. The molecule has 2 aromatic rings. The van der Waals surface area contributed by atoms with Crippen LogP contribution in [-0.2, 0) is 9.84 Å². The van der Waals surface area contributed by atoms with Crippen LogP contribution in [0.25, 0.3) is 0 Å². The van der Waals surface area contributed by atoms with E-state index in [1.165, 1.54) is 28.9 Å². The van der Waals surface area contributed by atoms with Crippen LogP contribution in [0.2, 0.25) is 5.02 Å². The summed E-state index contributed by atoms with van der Waals surface area (Å²) in [7, 11) is -3.78. The fraction of sp³-hybridized carbons (Fsp3) is 0.273. The Hall–Kier alpha value is -1.60. The Balaban J connectivity index is 2.54. The number of nitrogen functional groups attached to an aromatic ring is 1. The van der Waals surface area contributed by atoms with E-state index in [1.807, 2.05) is 13.8 Å². The number of nitrogens with zero attached hydrogens (tertiary/aromatic N) is 3. The highest BCUT2D eigenvalue weighted by Gasteiger charge is 2.26. The lowest BCUT2D eigenvalue weighted by atomic mass is 10.4. The average molecular weight is 301 g/mol. The first-order valence-electron chi connectivity index (χ1n) is 5.55. The van der Waals surface area contributed by atoms with E-state index in [1.54, 1.807) is 0 Å². The summed E-state index contributed by atoms with van der Waals surface area (Å²) < 4.78 is 26.1. The van der Waals surface area contributed by atoms with E-state index in [9.17, 15) is 8.42 Å². The van der Waals surface area contributed by atoms with E-state index in [4.69, 9.17) is 17.3 Å². The van der Waals surface area contributed by atoms with E-state index in [2.05, 4.69) is 10.3 Å². The SMILES string of the molecule is CC(C)n1nnc(S(=O)(=O)c2ccc(Cl)cc2)c1N. The predicted molar refractivity (Wildman–Crippen MR) is 71.7 cm³/mol. The van der Waals surface area contributed by atoms with Gasteiger partial charge in [0.05, 0.1) is 10.9 Å². The molecule has 0 aliphatic carbocycles. The Labute approximate surface area is 116 Å². The van der Waals surface area contributed by atoms with Crippen molar-refractivity contribution >= 4 is 27.3 Å². The first-order valence-corrected chi connectivity index (χ1v) is 7.41. The summed E-state index contributed by atoms with van der Waals surface area (Å²) in [5, 5.41) is 7.66. The molecule has 0 saturated heterocycles. The molecule has 0 aliphatic heterocycles. The third kappa shape index (κ3) is 2.43. The molecule has 0 unspecified atom stereocenters. The topological polar surface area (TPSA) is 90.9 Å². The van der Waals surface area contributed by atoms with Crippen LogP contribution in [0.5, 0.6) is 0 Å². The van der Waals surface area contributed by atoms with Crippen LogP contribution in [0.3, 0.4) is 0 Å². The molecule has 2 rings (SSSR count). The number of rotatable bonds is 3. The molecule has 1 heterocycles. The second kappa shape index (κ2) is 4.82. The molecule has 1 aromatic heterocycles. The number of sulfone groups is 1. The summed E-state index contributed by atoms with van der Waals surface area (Å²) >= 11 is 5.73. The van der Waals surface area contributed by atoms with Crippen molar-refractivity contribution in [2.45, 2.75) is 29.8 Å². The van der Waals surface area contributed by atoms with Gasteiger partial charge < -0.3 is 5.73 Å². The summed E-state index contributed by atoms with van der Waals surface area (Å²) in [5.74, 6) is 0.0324. The van der Waals surface area contributed by atoms with Crippen LogP contribution < -0.4 is 5.73 Å². The molecule has 0 radical (unpaired) electrons. The largest absolute Gasteiger partial charge is 0.381 e. The minimum Gasteiger partial charge on any atom is -0.381 e. The van der Waals surface area contributed by atoms with E-state index in [0.717, 1.165) is 0 Å². The Morgan fingerprint density at radius 1 is 1.26 bits per heavy atom. The molecule has 6 nitrogen and oxygen atoms in total. The summed E-state index contributed by atoms with van der Waals surface area (Å²) in [4.78, 5) is 0.0828. The quantitative estimate of drug-likeness (QED) is 0.935. The lowest BCUT2D eigenvalue weighted by Gasteiger charge is -2.06. The second-order valence-electron chi connectivity index (χ2n) is 4.28. The highest BCUT2D eigenvalue weighted by atomic mass is 35.5. The van der Waals surface area contributed by atoms with Gasteiger partial charge in [-0.05, 0) is 38.1 Å². The minimum atomic E-state index is -3.78. The van der Waals surface area contributed by atoms with Gasteiger partial charge in [-0.3, -0.25) is 0 Å². The first-order chi connectivity index (χ1) is 8.84. The Morgan fingerprint density at radius 3 is 2.32 bits per heavy atom. The number of nitrogens with two attached hydrogens (primary N) is 1. The average Bonchev–Trinajstić information content (AvgIpc) is 2.72. The van der Waals surface area contributed by atoms with Gasteiger partial charge in [0, 0.05) is 5.02 Å². The molecule has 0 bridgehead atoms. The summed E-state index contributed by atoms with van der Waals surface area (Å²) in [6.45, 7) is 3.67. The smallest absolute Gasteiger partial charge is 0.229 e. The Bertz CT molecular complexity index is 692. The molecular weight excluding hydrogens is 288 g/mol. The van der Waals surface area contributed by atoms with Gasteiger partial charge in [0.25, 0.3) is 0 Å². The highest BCUT2D eigenvalue weighted by Crippen LogP contribution is 2.25. The first kappa shape index (κ1) is 13.8. The molecule has 0 saturated carbocycles. The summed E-state index contributed by atoms with van der Waals surface area (Å²) in [6.07, 6.45) is 0. The fourth-order valence-corrected chi connectivity index (χ4v) is 2.94. The number of halogens is 1. The number of hydrogen-bond donors (Lipinski definition) is 1. The maximum Gasteiger partial charge on any atom is 0.229 e. The second-order valence-corrected chi connectivity index (χ2v) is 6.58. The number of hydrogen-bond acceptors (Lipinski definition) is 5. The molecule has 2 N–H and O–H groups in total. The minimum absolute atomic E-state index is 0.0324. The maximum absolute atomic E-state index is 12.4. The Kier molecular flexibility index (Phi) is 3.51. The van der Waals surface area contributed by atoms with Crippen molar-refractivity contribution < 1.29 is 8.42 Å². The van der Waals surface area contributed by atoms with Crippen molar-refractivity contribution in [3.05, 3.63) is 29.3 Å². The summed E-state index contributed by atoms with van der Waals surface area (Å²) in [6, 6.07) is 5.74. The van der Waals surface area contributed by atoms with Crippen LogP contribution >= 0.6 is 11.6 Å². The van der Waals surface area contributed by atoms with Crippen LogP contribution in [0.4, 0.5) is 5.82 Å². The molecular formula is C11H13ClN4O2S. The van der Waals surface area contributed by atoms with E-state index < -0.39 is 9.84 Å². The van der Waals surface area contributed by atoms with Gasteiger partial charge in [-0.25, -0.2) is 13.1 Å². The van der Waals surface area contributed by atoms with Crippen molar-refractivity contribution in [1.82, 2.24) is 15.0 Å². The molecule has 0 amide bonds. The van der Waals surface area contributed by atoms with Gasteiger partial charge in [-0.1, -0.05) is 16.8 Å². The molecule has 0 fully saturated rings. The van der Waals surface area contributed by atoms with Crippen molar-refractivity contribution in [3.63, 3.8) is 0 Å². The lowest BCUT2D eigenvalue weighted by Crippen LogP contribution is -2.10. The zero-order valence-electron chi connectivity index (χ0n) is 10.4. The summed E-state index contributed by atoms with van der Waals surface area (Å²) in [5.41, 5.74) is 5.79. The van der Waals surface area contributed by atoms with Gasteiger partial charge in [0.1, 0.15) is 0 Å². The third-order valence-corrected chi connectivity index (χ3v) is 4.51. The standard InChI is InChI=1S/C11H13ClN4O2S/c1-7(2)16-10(13)11(14-15-16)19(17,18)9-5-3-8(12)4-6-9/h3-7H,13H2,1-2H3. The van der Waals surface area contributed by atoms with Crippen LogP contribution in [0.1, 0.15) is 19.9 Å². The Morgan fingerprint density at radius 2 is 1.84 bits per heavy atom. The monoisotopic (exact) mass is 300 g/mol. The lowest BCUT2D eigenvalue weighted by molar-refractivity contribution is 0.521. The molecule has 102 valence electrons.